The highest BCUT2D eigenvalue weighted by Gasteiger charge is 2.25. The standard InChI is InChI=1S/C22H28ClN7O3S/c1-5-33-22(31)30-10-8-29(9-11-30)20(27-19-24-14(2)12-15(3)25-19)28-21(34)26-17-13-16(23)6-7-18(17)32-4/h6-7,12-13H,5,8-11H2,1-4H3,(H2,24,25,26,27,28,34). The van der Waals surface area contributed by atoms with Crippen LogP contribution in [0.15, 0.2) is 29.3 Å². The van der Waals surface area contributed by atoms with Gasteiger partial charge < -0.3 is 24.6 Å². The van der Waals surface area contributed by atoms with Crippen LogP contribution in [0, 0.1) is 13.8 Å². The fourth-order valence-electron chi connectivity index (χ4n) is 3.39. The van der Waals surface area contributed by atoms with Gasteiger partial charge in [-0.25, -0.2) is 14.8 Å². The summed E-state index contributed by atoms with van der Waals surface area (Å²) in [5, 5.41) is 6.99. The van der Waals surface area contributed by atoms with Crippen LogP contribution in [-0.2, 0) is 4.74 Å². The molecule has 0 atom stereocenters. The predicted molar refractivity (Wildman–Crippen MR) is 137 cm³/mol. The van der Waals surface area contributed by atoms with Crippen LogP contribution in [0.4, 0.5) is 16.4 Å². The maximum atomic E-state index is 12.1. The molecule has 2 aromatic rings. The van der Waals surface area contributed by atoms with Crippen molar-refractivity contribution in [1.82, 2.24) is 19.8 Å². The average molecular weight is 506 g/mol. The number of guanidine groups is 1. The minimum atomic E-state index is -0.323. The zero-order chi connectivity index (χ0) is 24.7. The van der Waals surface area contributed by atoms with Crippen LogP contribution in [0.3, 0.4) is 0 Å². The van der Waals surface area contributed by atoms with Crippen LogP contribution in [0.1, 0.15) is 18.3 Å². The second-order valence-electron chi connectivity index (χ2n) is 7.48. The number of nitrogens with one attached hydrogen (secondary N) is 2. The SMILES string of the molecule is CCOC(=O)N1CCN(/C(=N\C(=S)Nc2cc(Cl)ccc2OC)Nc2nc(C)cc(C)n2)CC1. The van der Waals surface area contributed by atoms with Crippen LogP contribution >= 0.6 is 23.8 Å². The topological polar surface area (TPSA) is 104 Å². The number of aliphatic imine (C=N–C) groups is 1. The number of aromatic nitrogens is 2. The lowest BCUT2D eigenvalue weighted by Gasteiger charge is -2.35. The van der Waals surface area contributed by atoms with Crippen LogP contribution in [-0.4, -0.2) is 76.8 Å². The third-order valence-corrected chi connectivity index (χ3v) is 5.35. The summed E-state index contributed by atoms with van der Waals surface area (Å²) in [5.74, 6) is 1.45. The first-order chi connectivity index (χ1) is 16.3. The maximum absolute atomic E-state index is 12.1. The van der Waals surface area contributed by atoms with E-state index >= 15 is 0 Å². The number of anilines is 2. The van der Waals surface area contributed by atoms with Gasteiger partial charge in [0.2, 0.25) is 17.0 Å². The second-order valence-corrected chi connectivity index (χ2v) is 8.31. The molecule has 1 saturated heterocycles. The Kier molecular flexibility index (Phi) is 8.83. The van der Waals surface area contributed by atoms with Gasteiger partial charge in [-0.1, -0.05) is 11.6 Å². The Morgan fingerprint density at radius 2 is 1.76 bits per heavy atom. The summed E-state index contributed by atoms with van der Waals surface area (Å²) in [7, 11) is 1.56. The monoisotopic (exact) mass is 505 g/mol. The van der Waals surface area contributed by atoms with Gasteiger partial charge in [0.05, 0.1) is 19.4 Å². The Balaban J connectivity index is 1.82. The Hall–Kier alpha value is -3.18. The number of nitrogens with zero attached hydrogens (tertiary/aromatic N) is 5. The molecule has 0 unspecified atom stereocenters. The molecule has 182 valence electrons. The first-order valence-electron chi connectivity index (χ1n) is 10.8. The third-order valence-electron chi connectivity index (χ3n) is 4.92. The molecule has 1 fully saturated rings. The molecular weight excluding hydrogens is 478 g/mol. The molecule has 2 heterocycles. The molecule has 1 aromatic carbocycles. The number of hydrogen-bond donors (Lipinski definition) is 2. The first-order valence-corrected chi connectivity index (χ1v) is 11.6. The summed E-state index contributed by atoms with van der Waals surface area (Å²) in [6, 6.07) is 7.07. The number of hydrogen-bond acceptors (Lipinski definition) is 6. The van der Waals surface area contributed by atoms with Crippen molar-refractivity contribution in [2.45, 2.75) is 20.8 Å². The van der Waals surface area contributed by atoms with Crippen LogP contribution < -0.4 is 15.4 Å². The maximum Gasteiger partial charge on any atom is 0.409 e. The lowest BCUT2D eigenvalue weighted by Crippen LogP contribution is -2.52. The van der Waals surface area contributed by atoms with Gasteiger partial charge in [0, 0.05) is 42.6 Å². The lowest BCUT2D eigenvalue weighted by molar-refractivity contribution is 0.0920. The van der Waals surface area contributed by atoms with E-state index in [4.69, 9.17) is 33.3 Å². The summed E-state index contributed by atoms with van der Waals surface area (Å²) >= 11 is 11.6. The number of carbonyl (C=O) groups excluding carboxylic acids is 1. The van der Waals surface area contributed by atoms with E-state index in [-0.39, 0.29) is 11.2 Å². The normalized spacial score (nSPS) is 14.0. The quantitative estimate of drug-likeness (QED) is 0.365. The number of ether oxygens (including phenoxy) is 2. The van der Waals surface area contributed by atoms with Crippen molar-refractivity contribution in [2.75, 3.05) is 50.5 Å². The second kappa shape index (κ2) is 11.8. The van der Waals surface area contributed by atoms with Crippen molar-refractivity contribution < 1.29 is 14.3 Å². The molecule has 2 N–H and O–H groups in total. The number of carbonyl (C=O) groups is 1. The Bertz CT molecular complexity index is 1050. The van der Waals surface area contributed by atoms with Crippen molar-refractivity contribution in [3.8, 4) is 5.75 Å². The van der Waals surface area contributed by atoms with Crippen molar-refractivity contribution in [3.05, 3.63) is 40.7 Å². The van der Waals surface area contributed by atoms with Crippen molar-refractivity contribution >= 4 is 52.6 Å². The Labute approximate surface area is 209 Å². The van der Waals surface area contributed by atoms with E-state index < -0.39 is 0 Å². The number of aryl methyl sites for hydroxylation is 2. The zero-order valence-corrected chi connectivity index (χ0v) is 21.2. The summed E-state index contributed by atoms with van der Waals surface area (Å²) in [6.07, 6.45) is -0.323. The van der Waals surface area contributed by atoms with Gasteiger partial charge in [-0.05, 0) is 57.3 Å². The highest BCUT2D eigenvalue weighted by molar-refractivity contribution is 7.80. The van der Waals surface area contributed by atoms with Gasteiger partial charge >= 0.3 is 6.09 Å². The van der Waals surface area contributed by atoms with Crippen molar-refractivity contribution in [3.63, 3.8) is 0 Å². The fraction of sp³-hybridized carbons (Fsp3) is 0.409. The van der Waals surface area contributed by atoms with E-state index in [1.807, 2.05) is 24.8 Å². The third kappa shape index (κ3) is 6.91. The molecule has 10 nitrogen and oxygen atoms in total. The number of piperazine rings is 1. The molecule has 0 aliphatic carbocycles. The van der Waals surface area contributed by atoms with Crippen molar-refractivity contribution in [2.24, 2.45) is 4.99 Å². The van der Waals surface area contributed by atoms with E-state index in [1.165, 1.54) is 0 Å². The molecule has 0 saturated carbocycles. The Morgan fingerprint density at radius 3 is 2.38 bits per heavy atom. The van der Waals surface area contributed by atoms with E-state index in [0.29, 0.717) is 61.2 Å². The summed E-state index contributed by atoms with van der Waals surface area (Å²) in [6.45, 7) is 7.93. The van der Waals surface area contributed by atoms with E-state index in [0.717, 1.165) is 11.4 Å². The molecule has 1 aliphatic rings. The minimum absolute atomic E-state index is 0.195. The molecule has 34 heavy (non-hydrogen) atoms. The summed E-state index contributed by atoms with van der Waals surface area (Å²) in [5.41, 5.74) is 2.24. The van der Waals surface area contributed by atoms with Gasteiger partial charge in [-0.3, -0.25) is 5.32 Å². The molecule has 12 heteroatoms. The molecule has 1 aliphatic heterocycles. The summed E-state index contributed by atoms with van der Waals surface area (Å²) in [4.78, 5) is 29.2. The molecule has 0 bridgehead atoms. The van der Waals surface area contributed by atoms with E-state index in [1.54, 1.807) is 37.1 Å². The molecular formula is C22H28ClN7O3S. The first kappa shape index (κ1) is 25.4. The van der Waals surface area contributed by atoms with Crippen molar-refractivity contribution in [1.29, 1.82) is 0 Å². The minimum Gasteiger partial charge on any atom is -0.495 e. The van der Waals surface area contributed by atoms with Gasteiger partial charge in [-0.2, -0.15) is 4.99 Å². The van der Waals surface area contributed by atoms with E-state index in [9.17, 15) is 4.79 Å². The number of thiocarbonyl (C=S) groups is 1. The highest BCUT2D eigenvalue weighted by atomic mass is 35.5. The molecule has 3 rings (SSSR count). The molecule has 0 radical (unpaired) electrons. The molecule has 0 spiro atoms. The van der Waals surface area contributed by atoms with E-state index in [2.05, 4.69) is 25.6 Å². The largest absolute Gasteiger partial charge is 0.495 e. The summed E-state index contributed by atoms with van der Waals surface area (Å²) < 4.78 is 10.5. The molecule has 1 amide bonds. The average Bonchev–Trinajstić information content (AvgIpc) is 2.78. The number of halogens is 1. The van der Waals surface area contributed by atoms with Crippen LogP contribution in [0.25, 0.3) is 0 Å². The smallest absolute Gasteiger partial charge is 0.409 e. The van der Waals surface area contributed by atoms with Gasteiger partial charge in [0.1, 0.15) is 5.75 Å². The van der Waals surface area contributed by atoms with Gasteiger partial charge in [0.15, 0.2) is 0 Å². The predicted octanol–water partition coefficient (Wildman–Crippen LogP) is 3.69. The number of amides is 1. The number of methoxy groups -OCH3 is 1. The van der Waals surface area contributed by atoms with Gasteiger partial charge in [0.25, 0.3) is 0 Å². The molecule has 1 aromatic heterocycles. The van der Waals surface area contributed by atoms with Crippen LogP contribution in [0.2, 0.25) is 5.02 Å². The lowest BCUT2D eigenvalue weighted by atomic mass is 10.3. The van der Waals surface area contributed by atoms with Crippen LogP contribution in [0.5, 0.6) is 5.75 Å². The number of benzene rings is 1. The fourth-order valence-corrected chi connectivity index (χ4v) is 3.76. The Morgan fingerprint density at radius 1 is 1.12 bits per heavy atom. The zero-order valence-electron chi connectivity index (χ0n) is 19.6. The van der Waals surface area contributed by atoms with Gasteiger partial charge in [-0.15, -0.1) is 0 Å². The number of rotatable bonds is 4. The highest BCUT2D eigenvalue weighted by Crippen LogP contribution is 2.27.